The second kappa shape index (κ2) is 5.16. The van der Waals surface area contributed by atoms with Gasteiger partial charge in [0.15, 0.2) is 6.29 Å². The van der Waals surface area contributed by atoms with E-state index in [1.165, 1.54) is 0 Å². The highest BCUT2D eigenvalue weighted by Gasteiger charge is 2.23. The van der Waals surface area contributed by atoms with Crippen molar-refractivity contribution in [3.63, 3.8) is 0 Å². The molecule has 0 saturated carbocycles. The maximum Gasteiger partial charge on any atom is 0.339 e. The summed E-state index contributed by atoms with van der Waals surface area (Å²) in [6.07, 6.45) is -2.79. The first-order valence-electron chi connectivity index (χ1n) is 4.45. The number of nitriles is 1. The number of nitrogens with zero attached hydrogens (tertiary/aromatic N) is 1. The number of methoxy groups -OCH3 is 1. The minimum Gasteiger partial charge on any atom is -0.465 e. The SMILES string of the molecule is COC(=O)c1c(C#N)ccc(C(F)F)c1C=O. The lowest BCUT2D eigenvalue weighted by Gasteiger charge is -2.09. The van der Waals surface area contributed by atoms with E-state index >= 15 is 0 Å². The molecule has 0 bridgehead atoms. The Morgan fingerprint density at radius 1 is 1.53 bits per heavy atom. The van der Waals surface area contributed by atoms with Crippen LogP contribution in [0.25, 0.3) is 0 Å². The summed E-state index contributed by atoms with van der Waals surface area (Å²) in [5, 5.41) is 8.75. The molecule has 0 spiro atoms. The van der Waals surface area contributed by atoms with Crippen LogP contribution >= 0.6 is 0 Å². The Balaban J connectivity index is 3.61. The molecule has 0 unspecified atom stereocenters. The molecule has 0 fully saturated rings. The Labute approximate surface area is 95.4 Å². The van der Waals surface area contributed by atoms with Crippen LogP contribution in [0.5, 0.6) is 0 Å². The highest BCUT2D eigenvalue weighted by atomic mass is 19.3. The number of carbonyl (C=O) groups excluding carboxylic acids is 2. The summed E-state index contributed by atoms with van der Waals surface area (Å²) in [5.41, 5.74) is -1.71. The number of esters is 1. The third-order valence-corrected chi connectivity index (χ3v) is 2.14. The van der Waals surface area contributed by atoms with Crippen LogP contribution in [0.1, 0.15) is 38.3 Å². The maximum absolute atomic E-state index is 12.6. The van der Waals surface area contributed by atoms with Gasteiger partial charge in [0, 0.05) is 11.1 Å². The summed E-state index contributed by atoms with van der Waals surface area (Å²) in [7, 11) is 1.03. The number of rotatable bonds is 3. The van der Waals surface area contributed by atoms with Gasteiger partial charge >= 0.3 is 5.97 Å². The summed E-state index contributed by atoms with van der Waals surface area (Å²) in [4.78, 5) is 22.2. The number of hydrogen-bond acceptors (Lipinski definition) is 4. The molecule has 6 heteroatoms. The van der Waals surface area contributed by atoms with Crippen molar-refractivity contribution in [3.05, 3.63) is 34.4 Å². The molecule has 1 rings (SSSR count). The zero-order chi connectivity index (χ0) is 13.0. The molecule has 0 atom stereocenters. The van der Waals surface area contributed by atoms with Gasteiger partial charge in [-0.15, -0.1) is 0 Å². The Morgan fingerprint density at radius 2 is 2.18 bits per heavy atom. The Hall–Kier alpha value is -2.29. The van der Waals surface area contributed by atoms with Crippen LogP contribution in [0, 0.1) is 11.3 Å². The maximum atomic E-state index is 12.6. The van der Waals surface area contributed by atoms with E-state index in [0.717, 1.165) is 19.2 Å². The van der Waals surface area contributed by atoms with Crippen molar-refractivity contribution in [2.24, 2.45) is 0 Å². The van der Waals surface area contributed by atoms with Gasteiger partial charge in [-0.2, -0.15) is 5.26 Å². The molecule has 0 N–H and O–H groups in total. The molecule has 0 aliphatic rings. The molecular formula is C11H7F2NO3. The second-order valence-electron chi connectivity index (χ2n) is 3.01. The molecule has 0 amide bonds. The van der Waals surface area contributed by atoms with Crippen LogP contribution in [0.3, 0.4) is 0 Å². The van der Waals surface area contributed by atoms with Gasteiger partial charge in [-0.25, -0.2) is 13.6 Å². The number of benzene rings is 1. The van der Waals surface area contributed by atoms with Crippen molar-refractivity contribution in [2.75, 3.05) is 7.11 Å². The van der Waals surface area contributed by atoms with Gasteiger partial charge in [0.1, 0.15) is 6.07 Å². The van der Waals surface area contributed by atoms with E-state index in [-0.39, 0.29) is 11.8 Å². The molecule has 88 valence electrons. The molecular weight excluding hydrogens is 232 g/mol. The summed E-state index contributed by atoms with van der Waals surface area (Å²) < 4.78 is 29.6. The average molecular weight is 239 g/mol. The number of aldehydes is 1. The van der Waals surface area contributed by atoms with Gasteiger partial charge in [-0.1, -0.05) is 6.07 Å². The fraction of sp³-hybridized carbons (Fsp3) is 0.182. The Kier molecular flexibility index (Phi) is 3.88. The fourth-order valence-electron chi connectivity index (χ4n) is 1.37. The average Bonchev–Trinajstić information content (AvgIpc) is 2.35. The van der Waals surface area contributed by atoms with Gasteiger partial charge in [-0.3, -0.25) is 4.79 Å². The Bertz CT molecular complexity index is 506. The van der Waals surface area contributed by atoms with Crippen LogP contribution in [-0.4, -0.2) is 19.4 Å². The van der Waals surface area contributed by atoms with Crippen LogP contribution in [-0.2, 0) is 4.74 Å². The third kappa shape index (κ3) is 2.28. The topological polar surface area (TPSA) is 67.2 Å². The number of halogens is 2. The van der Waals surface area contributed by atoms with Gasteiger partial charge in [0.25, 0.3) is 6.43 Å². The minimum atomic E-state index is -2.91. The van der Waals surface area contributed by atoms with Crippen molar-refractivity contribution in [3.8, 4) is 6.07 Å². The minimum absolute atomic E-state index is 0.120. The van der Waals surface area contributed by atoms with E-state index in [2.05, 4.69) is 4.74 Å². The lowest BCUT2D eigenvalue weighted by atomic mass is 9.97. The molecule has 0 saturated heterocycles. The molecule has 0 aromatic heterocycles. The molecule has 0 heterocycles. The lowest BCUT2D eigenvalue weighted by molar-refractivity contribution is 0.0597. The first kappa shape index (κ1) is 12.8. The van der Waals surface area contributed by atoms with Crippen LogP contribution in [0.4, 0.5) is 8.78 Å². The van der Waals surface area contributed by atoms with E-state index in [0.29, 0.717) is 0 Å². The lowest BCUT2D eigenvalue weighted by Crippen LogP contribution is -2.11. The van der Waals surface area contributed by atoms with Crippen molar-refractivity contribution in [1.82, 2.24) is 0 Å². The highest BCUT2D eigenvalue weighted by molar-refractivity contribution is 6.01. The zero-order valence-corrected chi connectivity index (χ0v) is 8.74. The van der Waals surface area contributed by atoms with Gasteiger partial charge in [0.2, 0.25) is 0 Å². The first-order valence-corrected chi connectivity index (χ1v) is 4.45. The number of carbonyl (C=O) groups is 2. The molecule has 1 aromatic carbocycles. The monoisotopic (exact) mass is 239 g/mol. The number of alkyl halides is 2. The fourth-order valence-corrected chi connectivity index (χ4v) is 1.37. The molecule has 17 heavy (non-hydrogen) atoms. The largest absolute Gasteiger partial charge is 0.465 e. The number of hydrogen-bond donors (Lipinski definition) is 0. The summed E-state index contributed by atoms with van der Waals surface area (Å²) in [6, 6.07) is 3.65. The molecule has 0 aliphatic carbocycles. The molecule has 4 nitrogen and oxygen atoms in total. The predicted molar refractivity (Wildman–Crippen MR) is 52.8 cm³/mol. The van der Waals surface area contributed by atoms with Crippen molar-refractivity contribution in [1.29, 1.82) is 5.26 Å². The summed E-state index contributed by atoms with van der Waals surface area (Å²) >= 11 is 0. The normalized spacial score (nSPS) is 9.82. The van der Waals surface area contributed by atoms with E-state index in [1.54, 1.807) is 6.07 Å². The summed E-state index contributed by atoms with van der Waals surface area (Å²) in [6.45, 7) is 0. The number of ether oxygens (including phenoxy) is 1. The standard InChI is InChI=1S/C11H7F2NO3/c1-17-11(16)9-6(4-14)2-3-7(10(12)13)8(9)5-15/h2-3,5,10H,1H3. The first-order chi connectivity index (χ1) is 8.06. The van der Waals surface area contributed by atoms with E-state index < -0.39 is 29.1 Å². The van der Waals surface area contributed by atoms with Gasteiger partial charge < -0.3 is 4.74 Å². The van der Waals surface area contributed by atoms with Crippen molar-refractivity contribution >= 4 is 12.3 Å². The van der Waals surface area contributed by atoms with Gasteiger partial charge in [-0.05, 0) is 6.07 Å². The van der Waals surface area contributed by atoms with Crippen LogP contribution in [0.2, 0.25) is 0 Å². The smallest absolute Gasteiger partial charge is 0.339 e. The Morgan fingerprint density at radius 3 is 2.59 bits per heavy atom. The second-order valence-corrected chi connectivity index (χ2v) is 3.01. The van der Waals surface area contributed by atoms with Crippen molar-refractivity contribution < 1.29 is 23.1 Å². The molecule has 0 radical (unpaired) electrons. The van der Waals surface area contributed by atoms with E-state index in [4.69, 9.17) is 5.26 Å². The third-order valence-electron chi connectivity index (χ3n) is 2.14. The van der Waals surface area contributed by atoms with E-state index in [1.807, 2.05) is 0 Å². The molecule has 0 aliphatic heterocycles. The summed E-state index contributed by atoms with van der Waals surface area (Å²) in [5.74, 6) is -0.994. The van der Waals surface area contributed by atoms with Gasteiger partial charge in [0.05, 0.1) is 18.2 Å². The van der Waals surface area contributed by atoms with Crippen LogP contribution in [0.15, 0.2) is 12.1 Å². The zero-order valence-electron chi connectivity index (χ0n) is 8.74. The van der Waals surface area contributed by atoms with E-state index in [9.17, 15) is 18.4 Å². The predicted octanol–water partition coefficient (Wildman–Crippen LogP) is 2.09. The van der Waals surface area contributed by atoms with Crippen LogP contribution < -0.4 is 0 Å². The highest BCUT2D eigenvalue weighted by Crippen LogP contribution is 2.26. The van der Waals surface area contributed by atoms with Crippen molar-refractivity contribution in [2.45, 2.75) is 6.43 Å². The quantitative estimate of drug-likeness (QED) is 0.598. The molecule has 1 aromatic rings.